The molecule has 2 rings (SSSR count). The van der Waals surface area contributed by atoms with Crippen molar-refractivity contribution in [2.75, 3.05) is 0 Å². The molecular formula is C9H6N2O2. The molecule has 1 aliphatic heterocycles. The summed E-state index contributed by atoms with van der Waals surface area (Å²) in [5, 5.41) is 20.3. The molecule has 1 aromatic carbocycles. The number of aliphatic hydroxyl groups is 1. The predicted octanol–water partition coefficient (Wildman–Crippen LogP) is 0.293. The summed E-state index contributed by atoms with van der Waals surface area (Å²) in [5.74, 6) is -0.389. The van der Waals surface area contributed by atoms with Gasteiger partial charge in [-0.15, -0.1) is 0 Å². The molecular weight excluding hydrogens is 168 g/mol. The van der Waals surface area contributed by atoms with Gasteiger partial charge in [0.25, 0.3) is 5.91 Å². The van der Waals surface area contributed by atoms with Crippen LogP contribution in [0.4, 0.5) is 0 Å². The molecule has 0 radical (unpaired) electrons. The molecule has 0 saturated carbocycles. The molecule has 1 amide bonds. The Labute approximate surface area is 74.4 Å². The quantitative estimate of drug-likeness (QED) is 0.593. The minimum absolute atomic E-state index is 0.289. The van der Waals surface area contributed by atoms with Crippen LogP contribution in [-0.2, 0) is 0 Å². The van der Waals surface area contributed by atoms with Gasteiger partial charge in [-0.05, 0) is 6.07 Å². The van der Waals surface area contributed by atoms with E-state index < -0.39 is 6.23 Å². The maximum absolute atomic E-state index is 11.2. The summed E-state index contributed by atoms with van der Waals surface area (Å²) < 4.78 is 0. The first-order valence-corrected chi connectivity index (χ1v) is 3.76. The first-order chi connectivity index (χ1) is 6.24. The number of aliphatic hydroxyl groups excluding tert-OH is 1. The molecule has 4 nitrogen and oxygen atoms in total. The van der Waals surface area contributed by atoms with Crippen molar-refractivity contribution in [1.29, 1.82) is 5.26 Å². The van der Waals surface area contributed by atoms with Crippen LogP contribution in [-0.4, -0.2) is 11.0 Å². The average Bonchev–Trinajstić information content (AvgIpc) is 2.43. The maximum atomic E-state index is 11.2. The Balaban J connectivity index is 2.71. The molecule has 4 heteroatoms. The van der Waals surface area contributed by atoms with Crippen LogP contribution in [0.3, 0.4) is 0 Å². The zero-order valence-corrected chi connectivity index (χ0v) is 6.61. The Kier molecular flexibility index (Phi) is 1.54. The summed E-state index contributed by atoms with van der Waals surface area (Å²) in [7, 11) is 0. The van der Waals surface area contributed by atoms with Crippen LogP contribution in [0.25, 0.3) is 0 Å². The largest absolute Gasteiger partial charge is 0.369 e. The fourth-order valence-electron chi connectivity index (χ4n) is 1.42. The molecule has 1 atom stereocenters. The van der Waals surface area contributed by atoms with E-state index in [0.717, 1.165) is 0 Å². The summed E-state index contributed by atoms with van der Waals surface area (Å²) in [4.78, 5) is 11.2. The smallest absolute Gasteiger partial charge is 0.255 e. The third-order valence-corrected chi connectivity index (χ3v) is 2.01. The third-order valence-electron chi connectivity index (χ3n) is 2.01. The number of hydrogen-bond acceptors (Lipinski definition) is 3. The number of nitrogens with zero attached hydrogens (tertiary/aromatic N) is 1. The molecule has 13 heavy (non-hydrogen) atoms. The molecule has 0 bridgehead atoms. The fraction of sp³-hybridized carbons (Fsp3) is 0.111. The number of rotatable bonds is 0. The van der Waals surface area contributed by atoms with E-state index in [2.05, 4.69) is 5.32 Å². The Morgan fingerprint density at radius 1 is 1.54 bits per heavy atom. The van der Waals surface area contributed by atoms with Crippen molar-refractivity contribution in [3.8, 4) is 6.07 Å². The van der Waals surface area contributed by atoms with Crippen molar-refractivity contribution in [2.45, 2.75) is 6.23 Å². The number of fused-ring (bicyclic) bond motifs is 1. The van der Waals surface area contributed by atoms with Crippen LogP contribution in [0.15, 0.2) is 18.2 Å². The van der Waals surface area contributed by atoms with Gasteiger partial charge in [0.2, 0.25) is 0 Å². The van der Waals surface area contributed by atoms with Crippen molar-refractivity contribution in [3.63, 3.8) is 0 Å². The number of amides is 1. The standard InChI is InChI=1S/C9H6N2O2/c10-4-5-2-1-3-6-7(5)9(13)11-8(6)12/h1-3,8,12H,(H,11,13). The molecule has 1 heterocycles. The van der Waals surface area contributed by atoms with E-state index >= 15 is 0 Å². The van der Waals surface area contributed by atoms with Gasteiger partial charge in [0.1, 0.15) is 0 Å². The molecule has 1 unspecified atom stereocenters. The highest BCUT2D eigenvalue weighted by molar-refractivity contribution is 6.01. The molecule has 1 aromatic rings. The monoisotopic (exact) mass is 174 g/mol. The summed E-state index contributed by atoms with van der Waals surface area (Å²) >= 11 is 0. The number of benzene rings is 1. The lowest BCUT2D eigenvalue weighted by molar-refractivity contribution is 0.0850. The highest BCUT2D eigenvalue weighted by atomic mass is 16.3. The second-order valence-corrected chi connectivity index (χ2v) is 2.76. The number of carbonyl (C=O) groups excluding carboxylic acids is 1. The molecule has 0 fully saturated rings. The average molecular weight is 174 g/mol. The van der Waals surface area contributed by atoms with Gasteiger partial charge in [0.05, 0.1) is 17.2 Å². The number of carbonyl (C=O) groups is 1. The van der Waals surface area contributed by atoms with E-state index in [-0.39, 0.29) is 11.5 Å². The van der Waals surface area contributed by atoms with Crippen molar-refractivity contribution >= 4 is 5.91 Å². The van der Waals surface area contributed by atoms with Crippen LogP contribution in [0.5, 0.6) is 0 Å². The Hall–Kier alpha value is -1.86. The minimum Gasteiger partial charge on any atom is -0.369 e. The zero-order chi connectivity index (χ0) is 9.42. The summed E-state index contributed by atoms with van der Waals surface area (Å²) in [6.07, 6.45) is -0.976. The molecule has 64 valence electrons. The lowest BCUT2D eigenvalue weighted by Gasteiger charge is -2.00. The second-order valence-electron chi connectivity index (χ2n) is 2.76. The van der Waals surface area contributed by atoms with Gasteiger partial charge >= 0.3 is 0 Å². The molecule has 2 N–H and O–H groups in total. The Morgan fingerprint density at radius 3 is 3.00 bits per heavy atom. The minimum atomic E-state index is -0.976. The number of nitriles is 1. The molecule has 0 spiro atoms. The van der Waals surface area contributed by atoms with Gasteiger partial charge in [0, 0.05) is 5.56 Å². The van der Waals surface area contributed by atoms with Crippen molar-refractivity contribution in [3.05, 3.63) is 34.9 Å². The van der Waals surface area contributed by atoms with Crippen molar-refractivity contribution in [1.82, 2.24) is 5.32 Å². The number of hydrogen-bond donors (Lipinski definition) is 2. The Morgan fingerprint density at radius 2 is 2.31 bits per heavy atom. The van der Waals surface area contributed by atoms with Gasteiger partial charge in [-0.2, -0.15) is 5.26 Å². The van der Waals surface area contributed by atoms with E-state index in [4.69, 9.17) is 5.26 Å². The van der Waals surface area contributed by atoms with Crippen molar-refractivity contribution in [2.24, 2.45) is 0 Å². The van der Waals surface area contributed by atoms with E-state index in [9.17, 15) is 9.90 Å². The summed E-state index contributed by atoms with van der Waals surface area (Å²) in [5.41, 5.74) is 1.06. The normalized spacial score (nSPS) is 19.1. The highest BCUT2D eigenvalue weighted by Gasteiger charge is 2.28. The lowest BCUT2D eigenvalue weighted by Crippen LogP contribution is -2.18. The predicted molar refractivity (Wildman–Crippen MR) is 43.6 cm³/mol. The van der Waals surface area contributed by atoms with E-state index in [1.54, 1.807) is 18.2 Å². The zero-order valence-electron chi connectivity index (χ0n) is 6.61. The van der Waals surface area contributed by atoms with Crippen LogP contribution < -0.4 is 5.32 Å². The molecule has 0 aromatic heterocycles. The lowest BCUT2D eigenvalue weighted by atomic mass is 10.0. The van der Waals surface area contributed by atoms with E-state index in [1.165, 1.54) is 0 Å². The first kappa shape index (κ1) is 7.77. The van der Waals surface area contributed by atoms with Gasteiger partial charge < -0.3 is 10.4 Å². The van der Waals surface area contributed by atoms with E-state index in [0.29, 0.717) is 11.1 Å². The SMILES string of the molecule is N#Cc1cccc2c1C(=O)NC2O. The highest BCUT2D eigenvalue weighted by Crippen LogP contribution is 2.25. The van der Waals surface area contributed by atoms with Crippen LogP contribution in [0, 0.1) is 11.3 Å². The maximum Gasteiger partial charge on any atom is 0.255 e. The first-order valence-electron chi connectivity index (χ1n) is 3.76. The van der Waals surface area contributed by atoms with Gasteiger partial charge in [-0.1, -0.05) is 12.1 Å². The summed E-state index contributed by atoms with van der Waals surface area (Å²) in [6.45, 7) is 0. The topological polar surface area (TPSA) is 73.1 Å². The third kappa shape index (κ3) is 0.983. The molecule has 0 saturated heterocycles. The fourth-order valence-corrected chi connectivity index (χ4v) is 1.42. The molecule has 0 aliphatic carbocycles. The second kappa shape index (κ2) is 2.57. The summed E-state index contributed by atoms with van der Waals surface area (Å²) in [6, 6.07) is 6.72. The number of nitrogens with one attached hydrogen (secondary N) is 1. The van der Waals surface area contributed by atoms with Gasteiger partial charge in [-0.25, -0.2) is 0 Å². The van der Waals surface area contributed by atoms with Crippen molar-refractivity contribution < 1.29 is 9.90 Å². The van der Waals surface area contributed by atoms with Crippen LogP contribution in [0.1, 0.15) is 27.7 Å². The van der Waals surface area contributed by atoms with Gasteiger partial charge in [-0.3, -0.25) is 4.79 Å². The van der Waals surface area contributed by atoms with Crippen LogP contribution in [0.2, 0.25) is 0 Å². The Bertz CT molecular complexity index is 420. The van der Waals surface area contributed by atoms with E-state index in [1.807, 2.05) is 6.07 Å². The molecule has 1 aliphatic rings. The van der Waals surface area contributed by atoms with Gasteiger partial charge in [0.15, 0.2) is 6.23 Å². The van der Waals surface area contributed by atoms with Crippen LogP contribution >= 0.6 is 0 Å².